The van der Waals surface area contributed by atoms with E-state index < -0.39 is 0 Å². The van der Waals surface area contributed by atoms with Gasteiger partial charge in [0.15, 0.2) is 0 Å². The van der Waals surface area contributed by atoms with Gasteiger partial charge in [0.2, 0.25) is 0 Å². The summed E-state index contributed by atoms with van der Waals surface area (Å²) in [4.78, 5) is 0. The predicted octanol–water partition coefficient (Wildman–Crippen LogP) is 3.48. The highest BCUT2D eigenvalue weighted by molar-refractivity contribution is 9.10. The summed E-state index contributed by atoms with van der Waals surface area (Å²) in [6.45, 7) is 2.04. The van der Waals surface area contributed by atoms with Gasteiger partial charge < -0.3 is 10.5 Å². The van der Waals surface area contributed by atoms with Gasteiger partial charge in [0.25, 0.3) is 0 Å². The van der Waals surface area contributed by atoms with E-state index in [4.69, 9.17) is 10.5 Å². The largest absolute Gasteiger partial charge is 0.376 e. The molecule has 4 heteroatoms. The number of ether oxygens (including phenoxy) is 1. The minimum atomic E-state index is -0.232. The number of benzene rings is 1. The fourth-order valence-electron chi connectivity index (χ4n) is 2.60. The van der Waals surface area contributed by atoms with Crippen molar-refractivity contribution in [3.05, 3.63) is 34.1 Å². The van der Waals surface area contributed by atoms with Crippen molar-refractivity contribution in [3.8, 4) is 0 Å². The molecule has 0 aromatic heterocycles. The van der Waals surface area contributed by atoms with Crippen LogP contribution >= 0.6 is 15.9 Å². The van der Waals surface area contributed by atoms with Gasteiger partial charge >= 0.3 is 0 Å². The molecular formula is C14H19BrFNO. The Hall–Kier alpha value is -0.450. The Morgan fingerprint density at radius 2 is 2.11 bits per heavy atom. The van der Waals surface area contributed by atoms with Gasteiger partial charge in [0, 0.05) is 4.47 Å². The van der Waals surface area contributed by atoms with Gasteiger partial charge in [-0.05, 0) is 48.9 Å². The molecule has 1 aliphatic carbocycles. The molecule has 0 heterocycles. The average molecular weight is 316 g/mol. The molecule has 2 N–H and O–H groups in total. The van der Waals surface area contributed by atoms with Crippen molar-refractivity contribution < 1.29 is 9.13 Å². The van der Waals surface area contributed by atoms with E-state index >= 15 is 0 Å². The molecule has 1 fully saturated rings. The van der Waals surface area contributed by atoms with Crippen LogP contribution in [-0.4, -0.2) is 13.2 Å². The smallest absolute Gasteiger partial charge is 0.124 e. The molecule has 0 spiro atoms. The van der Waals surface area contributed by atoms with Crippen LogP contribution in [0.15, 0.2) is 22.7 Å². The second-order valence-corrected chi connectivity index (χ2v) is 5.79. The first-order valence-corrected chi connectivity index (χ1v) is 7.21. The average Bonchev–Trinajstić information content (AvgIpc) is 2.79. The summed E-state index contributed by atoms with van der Waals surface area (Å²) >= 11 is 3.35. The van der Waals surface area contributed by atoms with Crippen LogP contribution in [0.3, 0.4) is 0 Å². The Balaban J connectivity index is 1.81. The van der Waals surface area contributed by atoms with E-state index in [9.17, 15) is 4.39 Å². The van der Waals surface area contributed by atoms with Gasteiger partial charge in [-0.25, -0.2) is 4.39 Å². The molecule has 1 saturated carbocycles. The van der Waals surface area contributed by atoms with E-state index in [2.05, 4.69) is 15.9 Å². The van der Waals surface area contributed by atoms with Crippen LogP contribution in [0.1, 0.15) is 24.8 Å². The fraction of sp³-hybridized carbons (Fsp3) is 0.571. The maximum atomic E-state index is 12.9. The van der Waals surface area contributed by atoms with Crippen molar-refractivity contribution >= 4 is 15.9 Å². The zero-order chi connectivity index (χ0) is 13.0. The van der Waals surface area contributed by atoms with E-state index in [-0.39, 0.29) is 5.82 Å². The molecule has 0 bridgehead atoms. The zero-order valence-electron chi connectivity index (χ0n) is 10.4. The summed E-state index contributed by atoms with van der Waals surface area (Å²) in [6.07, 6.45) is 3.70. The molecule has 2 unspecified atom stereocenters. The van der Waals surface area contributed by atoms with Crippen LogP contribution in [0.25, 0.3) is 0 Å². The highest BCUT2D eigenvalue weighted by Crippen LogP contribution is 2.31. The van der Waals surface area contributed by atoms with Gasteiger partial charge in [-0.2, -0.15) is 0 Å². The van der Waals surface area contributed by atoms with Crippen LogP contribution in [0, 0.1) is 17.7 Å². The quantitative estimate of drug-likeness (QED) is 0.902. The molecule has 2 atom stereocenters. The molecule has 1 aromatic carbocycles. The van der Waals surface area contributed by atoms with Gasteiger partial charge in [-0.15, -0.1) is 0 Å². The second-order valence-electron chi connectivity index (χ2n) is 4.94. The van der Waals surface area contributed by atoms with Gasteiger partial charge in [-0.3, -0.25) is 0 Å². The minimum Gasteiger partial charge on any atom is -0.376 e. The Labute approximate surface area is 116 Å². The summed E-state index contributed by atoms with van der Waals surface area (Å²) in [5.74, 6) is 0.973. The molecule has 0 amide bonds. The molecule has 2 rings (SSSR count). The highest BCUT2D eigenvalue weighted by atomic mass is 79.9. The standard InChI is InChI=1S/C14H19BrFNO/c15-14-6-13(16)5-4-12(14)9-18-8-11-3-1-2-10(11)7-17/h4-6,10-11H,1-3,7-9,17H2. The molecule has 0 aliphatic heterocycles. The van der Waals surface area contributed by atoms with Crippen molar-refractivity contribution in [2.75, 3.05) is 13.2 Å². The maximum absolute atomic E-state index is 12.9. The van der Waals surface area contributed by atoms with E-state index in [1.807, 2.05) is 0 Å². The lowest BCUT2D eigenvalue weighted by Crippen LogP contribution is -2.22. The van der Waals surface area contributed by atoms with Crippen LogP contribution < -0.4 is 5.73 Å². The van der Waals surface area contributed by atoms with Crippen LogP contribution in [0.2, 0.25) is 0 Å². The Kier molecular flexibility index (Phi) is 5.15. The van der Waals surface area contributed by atoms with Crippen molar-refractivity contribution in [3.63, 3.8) is 0 Å². The lowest BCUT2D eigenvalue weighted by Gasteiger charge is -2.18. The third kappa shape index (κ3) is 3.53. The molecule has 18 heavy (non-hydrogen) atoms. The minimum absolute atomic E-state index is 0.232. The summed E-state index contributed by atoms with van der Waals surface area (Å²) in [7, 11) is 0. The first-order chi connectivity index (χ1) is 8.70. The molecular weight excluding hydrogens is 297 g/mol. The predicted molar refractivity (Wildman–Crippen MR) is 73.6 cm³/mol. The number of halogens is 2. The normalized spacial score (nSPS) is 23.5. The number of nitrogens with two attached hydrogens (primary N) is 1. The van der Waals surface area contributed by atoms with Crippen molar-refractivity contribution in [1.29, 1.82) is 0 Å². The number of hydrogen-bond acceptors (Lipinski definition) is 2. The third-order valence-electron chi connectivity index (χ3n) is 3.72. The van der Waals surface area contributed by atoms with Crippen LogP contribution in [0.5, 0.6) is 0 Å². The Morgan fingerprint density at radius 3 is 2.83 bits per heavy atom. The maximum Gasteiger partial charge on any atom is 0.124 e. The molecule has 100 valence electrons. The summed E-state index contributed by atoms with van der Waals surface area (Å²) in [5, 5.41) is 0. The monoisotopic (exact) mass is 315 g/mol. The molecule has 1 aliphatic rings. The molecule has 1 aromatic rings. The van der Waals surface area contributed by atoms with Crippen molar-refractivity contribution in [2.24, 2.45) is 17.6 Å². The van der Waals surface area contributed by atoms with Crippen molar-refractivity contribution in [2.45, 2.75) is 25.9 Å². The number of hydrogen-bond donors (Lipinski definition) is 1. The first kappa shape index (κ1) is 14.0. The molecule has 0 radical (unpaired) electrons. The van der Waals surface area contributed by atoms with E-state index in [1.165, 1.54) is 31.4 Å². The van der Waals surface area contributed by atoms with E-state index in [0.717, 1.165) is 23.2 Å². The first-order valence-electron chi connectivity index (χ1n) is 6.42. The lowest BCUT2D eigenvalue weighted by molar-refractivity contribution is 0.0750. The second kappa shape index (κ2) is 6.64. The molecule has 0 saturated heterocycles. The van der Waals surface area contributed by atoms with Crippen LogP contribution in [-0.2, 0) is 11.3 Å². The molecule has 2 nitrogen and oxygen atoms in total. The van der Waals surface area contributed by atoms with E-state index in [1.54, 1.807) is 6.07 Å². The third-order valence-corrected chi connectivity index (χ3v) is 4.46. The SMILES string of the molecule is NCC1CCCC1COCc1ccc(F)cc1Br. The Morgan fingerprint density at radius 1 is 1.33 bits per heavy atom. The highest BCUT2D eigenvalue weighted by Gasteiger charge is 2.25. The summed E-state index contributed by atoms with van der Waals surface area (Å²) in [5.41, 5.74) is 6.73. The van der Waals surface area contributed by atoms with Crippen molar-refractivity contribution in [1.82, 2.24) is 0 Å². The zero-order valence-corrected chi connectivity index (χ0v) is 12.0. The van der Waals surface area contributed by atoms with Crippen LogP contribution in [0.4, 0.5) is 4.39 Å². The van der Waals surface area contributed by atoms with E-state index in [0.29, 0.717) is 18.4 Å². The summed E-state index contributed by atoms with van der Waals surface area (Å²) < 4.78 is 19.4. The van der Waals surface area contributed by atoms with Gasteiger partial charge in [-0.1, -0.05) is 28.4 Å². The summed E-state index contributed by atoms with van der Waals surface area (Å²) in [6, 6.07) is 4.69. The topological polar surface area (TPSA) is 35.2 Å². The van der Waals surface area contributed by atoms with Gasteiger partial charge in [0.1, 0.15) is 5.82 Å². The van der Waals surface area contributed by atoms with Gasteiger partial charge in [0.05, 0.1) is 13.2 Å². The lowest BCUT2D eigenvalue weighted by atomic mass is 9.97. The fourth-order valence-corrected chi connectivity index (χ4v) is 3.07. The Bertz CT molecular complexity index is 399. The number of rotatable bonds is 5.